The fourth-order valence-corrected chi connectivity index (χ4v) is 1.82. The number of ether oxygens (including phenoxy) is 1. The summed E-state index contributed by atoms with van der Waals surface area (Å²) in [6.07, 6.45) is 2.00. The van der Waals surface area contributed by atoms with Crippen LogP contribution in [-0.4, -0.2) is 40.9 Å². The molecule has 1 aliphatic heterocycles. The van der Waals surface area contributed by atoms with E-state index in [0.717, 1.165) is 0 Å². The highest BCUT2D eigenvalue weighted by Crippen LogP contribution is 2.31. The third-order valence-corrected chi connectivity index (χ3v) is 2.75. The molecule has 2 atom stereocenters. The molecule has 0 radical (unpaired) electrons. The Balaban J connectivity index is 2.17. The van der Waals surface area contributed by atoms with Gasteiger partial charge in [-0.05, 0) is 19.1 Å². The second-order valence-electron chi connectivity index (χ2n) is 4.02. The van der Waals surface area contributed by atoms with Crippen LogP contribution in [0.2, 0.25) is 0 Å². The molecule has 1 N–H and O–H groups in total. The Morgan fingerprint density at radius 1 is 1.76 bits per heavy atom. The van der Waals surface area contributed by atoms with E-state index in [1.165, 1.54) is 12.2 Å². The molecule has 0 unspecified atom stereocenters. The molecule has 0 aromatic heterocycles. The summed E-state index contributed by atoms with van der Waals surface area (Å²) in [5.41, 5.74) is -1.32. The molecular weight excluding hydrogens is 226 g/mol. The van der Waals surface area contributed by atoms with Crippen molar-refractivity contribution < 1.29 is 24.3 Å². The van der Waals surface area contributed by atoms with E-state index in [4.69, 9.17) is 9.57 Å². The van der Waals surface area contributed by atoms with Gasteiger partial charge in [0.15, 0.2) is 17.6 Å². The van der Waals surface area contributed by atoms with Crippen molar-refractivity contribution in [2.75, 3.05) is 6.61 Å². The van der Waals surface area contributed by atoms with Crippen LogP contribution in [0, 0.1) is 0 Å². The lowest BCUT2D eigenvalue weighted by molar-refractivity contribution is -0.140. The number of ketones is 1. The Hall–Kier alpha value is -1.69. The molecular formula is C11H13NO5. The normalized spacial score (nSPS) is 31.3. The summed E-state index contributed by atoms with van der Waals surface area (Å²) in [6.45, 7) is 1.91. The molecule has 0 aromatic rings. The molecule has 6 nitrogen and oxygen atoms in total. The van der Waals surface area contributed by atoms with E-state index in [1.54, 1.807) is 6.92 Å². The van der Waals surface area contributed by atoms with E-state index in [1.807, 2.05) is 0 Å². The van der Waals surface area contributed by atoms with E-state index in [0.29, 0.717) is 0 Å². The number of rotatable bonds is 2. The number of aliphatic hydroxyl groups is 1. The first-order chi connectivity index (χ1) is 8.05. The molecule has 0 saturated heterocycles. The fraction of sp³-hybridized carbons (Fsp3) is 0.545. The van der Waals surface area contributed by atoms with Crippen molar-refractivity contribution in [2.24, 2.45) is 5.16 Å². The predicted octanol–water partition coefficient (Wildman–Crippen LogP) is -0.0455. The number of allylic oxidation sites excluding steroid dienone is 1. The molecule has 2 aliphatic rings. The molecule has 2 rings (SSSR count). The lowest BCUT2D eigenvalue weighted by Crippen LogP contribution is -2.50. The van der Waals surface area contributed by atoms with Gasteiger partial charge in [-0.15, -0.1) is 0 Å². The van der Waals surface area contributed by atoms with E-state index >= 15 is 0 Å². The molecule has 17 heavy (non-hydrogen) atoms. The maximum atomic E-state index is 11.4. The number of nitrogens with zero attached hydrogens (tertiary/aromatic N) is 1. The lowest BCUT2D eigenvalue weighted by Gasteiger charge is -2.36. The van der Waals surface area contributed by atoms with Crippen molar-refractivity contribution in [1.29, 1.82) is 0 Å². The molecule has 0 spiro atoms. The van der Waals surface area contributed by atoms with Crippen LogP contribution in [0.1, 0.15) is 19.8 Å². The Morgan fingerprint density at radius 2 is 2.53 bits per heavy atom. The van der Waals surface area contributed by atoms with E-state index in [2.05, 4.69) is 5.16 Å². The first-order valence-corrected chi connectivity index (χ1v) is 5.39. The van der Waals surface area contributed by atoms with E-state index < -0.39 is 17.7 Å². The number of carbonyl (C=O) groups is 2. The summed E-state index contributed by atoms with van der Waals surface area (Å²) in [4.78, 5) is 27.6. The van der Waals surface area contributed by atoms with Crippen molar-refractivity contribution in [3.05, 3.63) is 12.2 Å². The average Bonchev–Trinajstić information content (AvgIpc) is 2.29. The topological polar surface area (TPSA) is 85.2 Å². The third-order valence-electron chi connectivity index (χ3n) is 2.75. The molecule has 0 aromatic carbocycles. The second kappa shape index (κ2) is 4.29. The van der Waals surface area contributed by atoms with Crippen LogP contribution in [0.4, 0.5) is 0 Å². The van der Waals surface area contributed by atoms with Crippen molar-refractivity contribution in [2.45, 2.75) is 31.5 Å². The van der Waals surface area contributed by atoms with Gasteiger partial charge < -0.3 is 14.7 Å². The maximum absolute atomic E-state index is 11.4. The summed E-state index contributed by atoms with van der Waals surface area (Å²) in [5.74, 6) is -0.737. The van der Waals surface area contributed by atoms with Gasteiger partial charge in [-0.3, -0.25) is 4.79 Å². The number of hydrogen-bond acceptors (Lipinski definition) is 6. The first kappa shape index (κ1) is 11.8. The van der Waals surface area contributed by atoms with Crippen LogP contribution >= 0.6 is 0 Å². The van der Waals surface area contributed by atoms with Crippen LogP contribution in [0.15, 0.2) is 17.3 Å². The smallest absolute Gasteiger partial charge is 0.356 e. The van der Waals surface area contributed by atoms with Crippen LogP contribution in [0.25, 0.3) is 0 Å². The Kier molecular flexibility index (Phi) is 2.97. The highest BCUT2D eigenvalue weighted by molar-refractivity contribution is 6.36. The van der Waals surface area contributed by atoms with Gasteiger partial charge in [-0.1, -0.05) is 5.16 Å². The summed E-state index contributed by atoms with van der Waals surface area (Å²) in [6, 6.07) is 0. The highest BCUT2D eigenvalue weighted by atomic mass is 16.7. The van der Waals surface area contributed by atoms with Gasteiger partial charge in [0.2, 0.25) is 0 Å². The highest BCUT2D eigenvalue weighted by Gasteiger charge is 2.45. The molecule has 0 fully saturated rings. The zero-order valence-corrected chi connectivity index (χ0v) is 9.38. The molecule has 0 bridgehead atoms. The standard InChI is InChI=1S/C11H13NO5/c1-2-16-10(14)8-6-11(15)4-3-7(13)5-9(11)17-12-8/h3-4,9,15H,2,5-6H2,1H3/t9-,11+/m0/s1. The van der Waals surface area contributed by atoms with Gasteiger partial charge in [0.25, 0.3) is 0 Å². The fourth-order valence-electron chi connectivity index (χ4n) is 1.82. The molecule has 92 valence electrons. The average molecular weight is 239 g/mol. The van der Waals surface area contributed by atoms with Gasteiger partial charge in [0, 0.05) is 6.42 Å². The van der Waals surface area contributed by atoms with Gasteiger partial charge in [-0.2, -0.15) is 0 Å². The summed E-state index contributed by atoms with van der Waals surface area (Å²) < 4.78 is 4.78. The number of esters is 1. The summed E-state index contributed by atoms with van der Waals surface area (Å²) in [7, 11) is 0. The number of carbonyl (C=O) groups excluding carboxylic acids is 2. The lowest BCUT2D eigenvalue weighted by atomic mass is 9.82. The van der Waals surface area contributed by atoms with Crippen LogP contribution in [0.3, 0.4) is 0 Å². The van der Waals surface area contributed by atoms with Crippen molar-refractivity contribution in [3.63, 3.8) is 0 Å². The minimum absolute atomic E-state index is 0.000278. The maximum Gasteiger partial charge on any atom is 0.356 e. The Labute approximate surface area is 97.9 Å². The molecule has 6 heteroatoms. The van der Waals surface area contributed by atoms with E-state index in [-0.39, 0.29) is 30.9 Å². The number of fused-ring (bicyclic) bond motifs is 1. The molecule has 0 amide bonds. The van der Waals surface area contributed by atoms with Crippen molar-refractivity contribution in [3.8, 4) is 0 Å². The second-order valence-corrected chi connectivity index (χ2v) is 4.02. The van der Waals surface area contributed by atoms with Gasteiger partial charge in [0.1, 0.15) is 5.60 Å². The zero-order valence-electron chi connectivity index (χ0n) is 9.38. The Bertz CT molecular complexity index is 414. The molecule has 1 heterocycles. The van der Waals surface area contributed by atoms with Gasteiger partial charge in [-0.25, -0.2) is 4.79 Å². The Morgan fingerprint density at radius 3 is 3.24 bits per heavy atom. The zero-order chi connectivity index (χ0) is 12.5. The largest absolute Gasteiger partial charge is 0.461 e. The van der Waals surface area contributed by atoms with E-state index in [9.17, 15) is 14.7 Å². The number of oxime groups is 1. The number of hydrogen-bond donors (Lipinski definition) is 1. The molecule has 0 saturated carbocycles. The minimum atomic E-state index is -1.35. The van der Waals surface area contributed by atoms with Crippen LogP contribution < -0.4 is 0 Å². The minimum Gasteiger partial charge on any atom is -0.461 e. The summed E-state index contributed by atoms with van der Waals surface area (Å²) in [5, 5.41) is 13.9. The predicted molar refractivity (Wildman–Crippen MR) is 57.3 cm³/mol. The first-order valence-electron chi connectivity index (χ1n) is 5.39. The quantitative estimate of drug-likeness (QED) is 0.683. The van der Waals surface area contributed by atoms with Gasteiger partial charge >= 0.3 is 5.97 Å². The molecule has 1 aliphatic carbocycles. The van der Waals surface area contributed by atoms with Crippen molar-refractivity contribution >= 4 is 17.5 Å². The SMILES string of the molecule is CCOC(=O)C1=NO[C@H]2CC(=O)C=C[C@@]2(O)C1. The van der Waals surface area contributed by atoms with Crippen LogP contribution in [0.5, 0.6) is 0 Å². The third kappa shape index (κ3) is 2.21. The van der Waals surface area contributed by atoms with Crippen LogP contribution in [-0.2, 0) is 19.2 Å². The van der Waals surface area contributed by atoms with Crippen molar-refractivity contribution in [1.82, 2.24) is 0 Å². The van der Waals surface area contributed by atoms with Gasteiger partial charge in [0.05, 0.1) is 13.0 Å². The monoisotopic (exact) mass is 239 g/mol. The summed E-state index contributed by atoms with van der Waals surface area (Å²) >= 11 is 0.